The largest absolute Gasteiger partial charge is 0.467 e. The van der Waals surface area contributed by atoms with Crippen LogP contribution in [-0.2, 0) is 9.53 Å². The summed E-state index contributed by atoms with van der Waals surface area (Å²) in [5, 5.41) is 5.20. The Labute approximate surface area is 107 Å². The number of carbonyl (C=O) groups is 2. The molecule has 0 fully saturated rings. The van der Waals surface area contributed by atoms with Crippen LogP contribution < -0.4 is 10.6 Å². The second kappa shape index (κ2) is 6.05. The lowest BCUT2D eigenvalue weighted by atomic mass is 10.1. The zero-order chi connectivity index (χ0) is 13.7. The maximum Gasteiger partial charge on any atom is 0.328 e. The van der Waals surface area contributed by atoms with E-state index >= 15 is 0 Å². The average molecular weight is 250 g/mol. The van der Waals surface area contributed by atoms with Crippen LogP contribution in [0.1, 0.15) is 18.1 Å². The van der Waals surface area contributed by atoms with Gasteiger partial charge in [-0.05, 0) is 38.0 Å². The number of aryl methyl sites for hydroxylation is 2. The standard InChI is InChI=1S/C13H18N2O3/c1-8-5-6-9(2)11(7-8)15-13(17)14-10(3)12(16)18-4/h5-7,10H,1-4H3,(H2,14,15,17). The lowest BCUT2D eigenvalue weighted by Gasteiger charge is -2.14. The van der Waals surface area contributed by atoms with Crippen LogP contribution in [0.5, 0.6) is 0 Å². The lowest BCUT2D eigenvalue weighted by Crippen LogP contribution is -2.41. The molecule has 1 atom stereocenters. The van der Waals surface area contributed by atoms with Gasteiger partial charge in [-0.3, -0.25) is 0 Å². The Morgan fingerprint density at radius 3 is 2.56 bits per heavy atom. The fourth-order valence-electron chi connectivity index (χ4n) is 1.46. The lowest BCUT2D eigenvalue weighted by molar-refractivity contribution is -0.142. The summed E-state index contributed by atoms with van der Waals surface area (Å²) in [5.74, 6) is -0.480. The Morgan fingerprint density at radius 1 is 1.28 bits per heavy atom. The smallest absolute Gasteiger partial charge is 0.328 e. The van der Waals surface area contributed by atoms with E-state index in [1.165, 1.54) is 7.11 Å². The van der Waals surface area contributed by atoms with E-state index in [0.717, 1.165) is 16.8 Å². The molecule has 98 valence electrons. The molecule has 1 rings (SSSR count). The number of hydrogen-bond donors (Lipinski definition) is 2. The van der Waals surface area contributed by atoms with Crippen molar-refractivity contribution in [1.82, 2.24) is 5.32 Å². The van der Waals surface area contributed by atoms with Gasteiger partial charge < -0.3 is 15.4 Å². The second-order valence-electron chi connectivity index (χ2n) is 4.16. The molecular weight excluding hydrogens is 232 g/mol. The Morgan fingerprint density at radius 2 is 1.94 bits per heavy atom. The van der Waals surface area contributed by atoms with Crippen molar-refractivity contribution in [1.29, 1.82) is 0 Å². The van der Waals surface area contributed by atoms with Crippen LogP contribution in [0.25, 0.3) is 0 Å². The van der Waals surface area contributed by atoms with Crippen molar-refractivity contribution < 1.29 is 14.3 Å². The monoisotopic (exact) mass is 250 g/mol. The molecule has 2 amide bonds. The van der Waals surface area contributed by atoms with Crippen molar-refractivity contribution in [3.63, 3.8) is 0 Å². The van der Waals surface area contributed by atoms with Crippen LogP contribution in [0, 0.1) is 13.8 Å². The van der Waals surface area contributed by atoms with E-state index < -0.39 is 18.0 Å². The first-order valence-corrected chi connectivity index (χ1v) is 5.66. The summed E-state index contributed by atoms with van der Waals surface area (Å²) in [7, 11) is 1.28. The molecule has 0 saturated carbocycles. The molecule has 0 heterocycles. The van der Waals surface area contributed by atoms with Gasteiger partial charge in [-0.25, -0.2) is 9.59 Å². The van der Waals surface area contributed by atoms with Gasteiger partial charge in [0, 0.05) is 5.69 Å². The van der Waals surface area contributed by atoms with Gasteiger partial charge in [0.1, 0.15) is 6.04 Å². The molecule has 0 aliphatic carbocycles. The van der Waals surface area contributed by atoms with Crippen LogP contribution in [-0.4, -0.2) is 25.2 Å². The van der Waals surface area contributed by atoms with Crippen LogP contribution in [0.2, 0.25) is 0 Å². The molecule has 0 aliphatic heterocycles. The Hall–Kier alpha value is -2.04. The minimum absolute atomic E-state index is 0.429. The number of rotatable bonds is 3. The third kappa shape index (κ3) is 3.76. The van der Waals surface area contributed by atoms with Gasteiger partial charge in [0.25, 0.3) is 0 Å². The number of carbonyl (C=O) groups excluding carboxylic acids is 2. The molecule has 1 aromatic rings. The third-order valence-electron chi connectivity index (χ3n) is 2.54. The van der Waals surface area contributed by atoms with Crippen molar-refractivity contribution in [3.8, 4) is 0 Å². The fourth-order valence-corrected chi connectivity index (χ4v) is 1.46. The van der Waals surface area contributed by atoms with Crippen LogP contribution in [0.15, 0.2) is 18.2 Å². The summed E-state index contributed by atoms with van der Waals surface area (Å²) in [4.78, 5) is 22.8. The van der Waals surface area contributed by atoms with Gasteiger partial charge >= 0.3 is 12.0 Å². The van der Waals surface area contributed by atoms with Gasteiger partial charge in [0.15, 0.2) is 0 Å². The predicted octanol–water partition coefficient (Wildman–Crippen LogP) is 1.99. The highest BCUT2D eigenvalue weighted by atomic mass is 16.5. The fraction of sp³-hybridized carbons (Fsp3) is 0.385. The molecule has 0 aromatic heterocycles. The highest BCUT2D eigenvalue weighted by molar-refractivity contribution is 5.93. The molecule has 0 spiro atoms. The maximum atomic E-state index is 11.7. The van der Waals surface area contributed by atoms with Gasteiger partial charge in [0.05, 0.1) is 7.11 Å². The van der Waals surface area contributed by atoms with E-state index in [1.54, 1.807) is 6.92 Å². The second-order valence-corrected chi connectivity index (χ2v) is 4.16. The summed E-state index contributed by atoms with van der Waals surface area (Å²) in [6.07, 6.45) is 0. The topological polar surface area (TPSA) is 67.4 Å². The van der Waals surface area contributed by atoms with Crippen molar-refractivity contribution in [3.05, 3.63) is 29.3 Å². The Kier molecular flexibility index (Phi) is 4.71. The van der Waals surface area contributed by atoms with E-state index in [-0.39, 0.29) is 0 Å². The molecule has 2 N–H and O–H groups in total. The maximum absolute atomic E-state index is 11.7. The van der Waals surface area contributed by atoms with Crippen molar-refractivity contribution in [2.45, 2.75) is 26.8 Å². The van der Waals surface area contributed by atoms with E-state index in [0.29, 0.717) is 0 Å². The third-order valence-corrected chi connectivity index (χ3v) is 2.54. The summed E-state index contributed by atoms with van der Waals surface area (Å²) in [6.45, 7) is 5.41. The van der Waals surface area contributed by atoms with E-state index in [2.05, 4.69) is 15.4 Å². The molecule has 5 heteroatoms. The summed E-state index contributed by atoms with van der Waals surface area (Å²) < 4.78 is 4.52. The number of anilines is 1. The van der Waals surface area contributed by atoms with E-state index in [9.17, 15) is 9.59 Å². The number of benzene rings is 1. The van der Waals surface area contributed by atoms with Gasteiger partial charge in [-0.1, -0.05) is 12.1 Å². The number of nitrogens with one attached hydrogen (secondary N) is 2. The van der Waals surface area contributed by atoms with Crippen molar-refractivity contribution in [2.75, 3.05) is 12.4 Å². The number of urea groups is 1. The molecule has 5 nitrogen and oxygen atoms in total. The molecule has 18 heavy (non-hydrogen) atoms. The van der Waals surface area contributed by atoms with E-state index in [4.69, 9.17) is 0 Å². The highest BCUT2D eigenvalue weighted by Crippen LogP contribution is 2.15. The van der Waals surface area contributed by atoms with Crippen molar-refractivity contribution >= 4 is 17.7 Å². The molecule has 0 saturated heterocycles. The first-order valence-electron chi connectivity index (χ1n) is 5.66. The number of methoxy groups -OCH3 is 1. The summed E-state index contributed by atoms with van der Waals surface area (Å²) in [5.41, 5.74) is 2.74. The first kappa shape index (κ1) is 14.0. The number of esters is 1. The number of amides is 2. The van der Waals surface area contributed by atoms with E-state index in [1.807, 2.05) is 32.0 Å². The predicted molar refractivity (Wildman–Crippen MR) is 69.5 cm³/mol. The molecule has 0 bridgehead atoms. The number of ether oxygens (including phenoxy) is 1. The zero-order valence-corrected chi connectivity index (χ0v) is 11.0. The van der Waals surface area contributed by atoms with Crippen LogP contribution >= 0.6 is 0 Å². The molecule has 1 aromatic carbocycles. The van der Waals surface area contributed by atoms with Gasteiger partial charge in [-0.15, -0.1) is 0 Å². The van der Waals surface area contributed by atoms with Gasteiger partial charge in [0.2, 0.25) is 0 Å². The summed E-state index contributed by atoms with van der Waals surface area (Å²) in [6, 6.07) is 4.66. The number of hydrogen-bond acceptors (Lipinski definition) is 3. The van der Waals surface area contributed by atoms with Gasteiger partial charge in [-0.2, -0.15) is 0 Å². The first-order chi connectivity index (χ1) is 8.43. The molecule has 0 radical (unpaired) electrons. The normalized spacial score (nSPS) is 11.6. The Balaban J connectivity index is 2.65. The minimum Gasteiger partial charge on any atom is -0.467 e. The summed E-state index contributed by atoms with van der Waals surface area (Å²) >= 11 is 0. The SMILES string of the molecule is COC(=O)C(C)NC(=O)Nc1cc(C)ccc1C. The van der Waals surface area contributed by atoms with Crippen LogP contribution in [0.3, 0.4) is 0 Å². The quantitative estimate of drug-likeness (QED) is 0.806. The average Bonchev–Trinajstić information content (AvgIpc) is 2.32. The highest BCUT2D eigenvalue weighted by Gasteiger charge is 2.15. The molecular formula is C13H18N2O3. The van der Waals surface area contributed by atoms with Crippen molar-refractivity contribution in [2.24, 2.45) is 0 Å². The Bertz CT molecular complexity index is 458. The molecule has 1 unspecified atom stereocenters. The molecule has 0 aliphatic rings. The zero-order valence-electron chi connectivity index (χ0n) is 11.0. The van der Waals surface area contributed by atoms with Crippen LogP contribution in [0.4, 0.5) is 10.5 Å². The minimum atomic E-state index is -0.680.